The molecule has 2 aromatic rings. The quantitative estimate of drug-likeness (QED) is 0.854. The molecular weight excluding hydrogens is 274 g/mol. The summed E-state index contributed by atoms with van der Waals surface area (Å²) in [6.45, 7) is 5.48. The Morgan fingerprint density at radius 2 is 2.30 bits per heavy atom. The molecule has 0 aliphatic heterocycles. The second-order valence-corrected chi connectivity index (χ2v) is 6.10. The second-order valence-electron chi connectivity index (χ2n) is 5.15. The Balaban J connectivity index is 1.98. The number of rotatable bonds is 6. The second kappa shape index (κ2) is 6.11. The molecule has 0 aromatic carbocycles. The maximum atomic E-state index is 11.1. The van der Waals surface area contributed by atoms with E-state index in [1.54, 1.807) is 11.3 Å². The topological polar surface area (TPSA) is 75.1 Å². The third-order valence-corrected chi connectivity index (χ3v) is 4.31. The lowest BCUT2D eigenvalue weighted by Gasteiger charge is -2.23. The van der Waals surface area contributed by atoms with Crippen molar-refractivity contribution < 1.29 is 9.90 Å². The van der Waals surface area contributed by atoms with Gasteiger partial charge in [-0.2, -0.15) is 0 Å². The zero-order valence-electron chi connectivity index (χ0n) is 11.5. The van der Waals surface area contributed by atoms with E-state index in [2.05, 4.69) is 40.6 Å². The average molecular weight is 291 g/mol. The van der Waals surface area contributed by atoms with E-state index in [0.29, 0.717) is 12.2 Å². The molecule has 0 amide bonds. The molecule has 2 N–H and O–H groups in total. The van der Waals surface area contributed by atoms with E-state index in [-0.39, 0.29) is 11.0 Å². The Kier molecular flexibility index (Phi) is 4.46. The van der Waals surface area contributed by atoms with Gasteiger partial charge in [0.15, 0.2) is 0 Å². The van der Waals surface area contributed by atoms with Gasteiger partial charge in [0.05, 0.1) is 5.69 Å². The number of carboxylic acids is 1. The number of carbonyl (C=O) groups is 1. The van der Waals surface area contributed by atoms with Crippen molar-refractivity contribution in [2.45, 2.75) is 25.8 Å². The molecular formula is C14H17N3O2S. The Hall–Kier alpha value is -1.79. The van der Waals surface area contributed by atoms with Gasteiger partial charge < -0.3 is 10.4 Å². The number of aromatic carboxylic acids is 1. The number of thiophene rings is 1. The highest BCUT2D eigenvalue weighted by atomic mass is 32.1. The Bertz CT molecular complexity index is 582. The van der Waals surface area contributed by atoms with E-state index in [4.69, 9.17) is 5.11 Å². The smallest absolute Gasteiger partial charge is 0.339 e. The van der Waals surface area contributed by atoms with Crippen molar-refractivity contribution in [3.8, 4) is 0 Å². The first-order chi connectivity index (χ1) is 9.50. The summed E-state index contributed by atoms with van der Waals surface area (Å²) < 4.78 is 0. The first-order valence-electron chi connectivity index (χ1n) is 6.27. The lowest BCUT2D eigenvalue weighted by molar-refractivity contribution is 0.0694. The van der Waals surface area contributed by atoms with Gasteiger partial charge in [0.1, 0.15) is 11.9 Å². The molecule has 0 unspecified atom stereocenters. The SMILES string of the molecule is CC(C)(CNCc1ncncc1C(=O)O)c1cccs1. The molecule has 0 aliphatic carbocycles. The lowest BCUT2D eigenvalue weighted by atomic mass is 9.91. The van der Waals surface area contributed by atoms with Crippen LogP contribution in [-0.4, -0.2) is 27.6 Å². The number of nitrogens with zero attached hydrogens (tertiary/aromatic N) is 2. The average Bonchev–Trinajstić information content (AvgIpc) is 2.93. The molecule has 2 aromatic heterocycles. The normalized spacial score (nSPS) is 11.5. The van der Waals surface area contributed by atoms with Gasteiger partial charge in [-0.15, -0.1) is 11.3 Å². The summed E-state index contributed by atoms with van der Waals surface area (Å²) >= 11 is 1.72. The third-order valence-electron chi connectivity index (χ3n) is 3.07. The van der Waals surface area contributed by atoms with Crippen molar-refractivity contribution in [3.63, 3.8) is 0 Å². The van der Waals surface area contributed by atoms with Crippen LogP contribution in [0.2, 0.25) is 0 Å². The molecule has 0 aliphatic rings. The van der Waals surface area contributed by atoms with Crippen LogP contribution in [0.25, 0.3) is 0 Å². The molecule has 106 valence electrons. The molecule has 0 atom stereocenters. The maximum Gasteiger partial charge on any atom is 0.339 e. The highest BCUT2D eigenvalue weighted by Gasteiger charge is 2.21. The van der Waals surface area contributed by atoms with Gasteiger partial charge in [-0.3, -0.25) is 0 Å². The fourth-order valence-electron chi connectivity index (χ4n) is 1.92. The maximum absolute atomic E-state index is 11.1. The van der Waals surface area contributed by atoms with E-state index in [1.807, 2.05) is 6.07 Å². The molecule has 5 nitrogen and oxygen atoms in total. The molecule has 20 heavy (non-hydrogen) atoms. The predicted octanol–water partition coefficient (Wildman–Crippen LogP) is 2.30. The van der Waals surface area contributed by atoms with Gasteiger partial charge in [-0.05, 0) is 11.4 Å². The van der Waals surface area contributed by atoms with Gasteiger partial charge in [0.2, 0.25) is 0 Å². The first kappa shape index (κ1) is 14.6. The molecule has 0 spiro atoms. The first-order valence-corrected chi connectivity index (χ1v) is 7.15. The summed E-state index contributed by atoms with van der Waals surface area (Å²) in [7, 11) is 0. The summed E-state index contributed by atoms with van der Waals surface area (Å²) in [5.74, 6) is -1.00. The molecule has 0 radical (unpaired) electrons. The van der Waals surface area contributed by atoms with E-state index in [9.17, 15) is 4.79 Å². The van der Waals surface area contributed by atoms with Crippen molar-refractivity contribution >= 4 is 17.3 Å². The minimum atomic E-state index is -1.00. The molecule has 2 heterocycles. The van der Waals surface area contributed by atoms with Crippen LogP contribution in [0.5, 0.6) is 0 Å². The molecule has 2 rings (SSSR count). The van der Waals surface area contributed by atoms with Crippen LogP contribution in [0.1, 0.15) is 34.8 Å². The minimum absolute atomic E-state index is 0.00455. The fraction of sp³-hybridized carbons (Fsp3) is 0.357. The zero-order chi connectivity index (χ0) is 14.6. The largest absolute Gasteiger partial charge is 0.478 e. The highest BCUT2D eigenvalue weighted by molar-refractivity contribution is 7.10. The van der Waals surface area contributed by atoms with Crippen LogP contribution < -0.4 is 5.32 Å². The Morgan fingerprint density at radius 1 is 1.50 bits per heavy atom. The molecule has 0 saturated carbocycles. The molecule has 6 heteroatoms. The van der Waals surface area contributed by atoms with Gasteiger partial charge in [-0.1, -0.05) is 19.9 Å². The van der Waals surface area contributed by atoms with Crippen molar-refractivity contribution in [1.82, 2.24) is 15.3 Å². The van der Waals surface area contributed by atoms with E-state index < -0.39 is 5.97 Å². The van der Waals surface area contributed by atoms with Crippen LogP contribution >= 0.6 is 11.3 Å². The highest BCUT2D eigenvalue weighted by Crippen LogP contribution is 2.26. The van der Waals surface area contributed by atoms with Gasteiger partial charge in [0.25, 0.3) is 0 Å². The van der Waals surface area contributed by atoms with Crippen LogP contribution in [0.3, 0.4) is 0 Å². The van der Waals surface area contributed by atoms with Crippen LogP contribution in [0.4, 0.5) is 0 Å². The molecule has 0 fully saturated rings. The number of aromatic nitrogens is 2. The van der Waals surface area contributed by atoms with E-state index in [1.165, 1.54) is 17.4 Å². The van der Waals surface area contributed by atoms with Crippen LogP contribution in [0, 0.1) is 0 Å². The number of hydrogen-bond donors (Lipinski definition) is 2. The van der Waals surface area contributed by atoms with E-state index in [0.717, 1.165) is 6.54 Å². The number of nitrogens with one attached hydrogen (secondary N) is 1. The van der Waals surface area contributed by atoms with Crippen LogP contribution in [0.15, 0.2) is 30.0 Å². The van der Waals surface area contributed by atoms with Gasteiger partial charge in [-0.25, -0.2) is 14.8 Å². The fourth-order valence-corrected chi connectivity index (χ4v) is 2.77. The summed E-state index contributed by atoms with van der Waals surface area (Å²) in [5, 5.41) is 14.4. The van der Waals surface area contributed by atoms with Crippen LogP contribution in [-0.2, 0) is 12.0 Å². The zero-order valence-corrected chi connectivity index (χ0v) is 12.3. The number of carboxylic acid groups (broad SMARTS) is 1. The molecule has 0 saturated heterocycles. The van der Waals surface area contributed by atoms with E-state index >= 15 is 0 Å². The van der Waals surface area contributed by atoms with Crippen molar-refractivity contribution in [2.75, 3.05) is 6.54 Å². The van der Waals surface area contributed by atoms with Crippen molar-refractivity contribution in [3.05, 3.63) is 46.2 Å². The lowest BCUT2D eigenvalue weighted by Crippen LogP contribution is -2.32. The van der Waals surface area contributed by atoms with Gasteiger partial charge >= 0.3 is 5.97 Å². The predicted molar refractivity (Wildman–Crippen MR) is 78.0 cm³/mol. The molecule has 0 bridgehead atoms. The number of hydrogen-bond acceptors (Lipinski definition) is 5. The Labute approximate surface area is 121 Å². The summed E-state index contributed by atoms with van der Waals surface area (Å²) in [5.41, 5.74) is 0.660. The summed E-state index contributed by atoms with van der Waals surface area (Å²) in [6.07, 6.45) is 2.70. The minimum Gasteiger partial charge on any atom is -0.478 e. The third kappa shape index (κ3) is 3.40. The summed E-state index contributed by atoms with van der Waals surface area (Å²) in [4.78, 5) is 20.1. The van der Waals surface area contributed by atoms with Crippen molar-refractivity contribution in [2.24, 2.45) is 0 Å². The van der Waals surface area contributed by atoms with Crippen molar-refractivity contribution in [1.29, 1.82) is 0 Å². The standard InChI is InChI=1S/C14H17N3O2S/c1-14(2,12-4-3-5-20-12)8-15-7-11-10(13(18)19)6-16-9-17-11/h3-6,9,15H,7-8H2,1-2H3,(H,18,19). The monoisotopic (exact) mass is 291 g/mol. The van der Waals surface area contributed by atoms with Gasteiger partial charge in [0, 0.05) is 29.6 Å². The summed E-state index contributed by atoms with van der Waals surface area (Å²) in [6, 6.07) is 4.15. The Morgan fingerprint density at radius 3 is 2.95 bits per heavy atom.